The van der Waals surface area contributed by atoms with Crippen LogP contribution in [0.1, 0.15) is 68.2 Å². The molecule has 1 saturated heterocycles. The molecule has 1 aliphatic heterocycles. The molecule has 1 fully saturated rings. The molecule has 0 bridgehead atoms. The molecule has 1 aliphatic rings. The highest BCUT2D eigenvalue weighted by Crippen LogP contribution is 2.46. The zero-order chi connectivity index (χ0) is 14.6. The van der Waals surface area contributed by atoms with Crippen molar-refractivity contribution in [1.82, 2.24) is 5.06 Å². The number of hydrogen-bond acceptors (Lipinski definition) is 3. The Morgan fingerprint density at radius 2 is 1.11 bits per heavy atom. The summed E-state index contributed by atoms with van der Waals surface area (Å²) in [6.45, 7) is 16.0. The first-order chi connectivity index (χ1) is 7.72. The van der Waals surface area contributed by atoms with Gasteiger partial charge in [-0.15, -0.1) is 0 Å². The molecule has 1 N–H and O–H groups in total. The molecule has 0 aromatic rings. The van der Waals surface area contributed by atoms with E-state index in [1.54, 1.807) is 0 Å². The topological polar surface area (TPSA) is 40.5 Å². The molecule has 0 unspecified atom stereocenters. The Kier molecular flexibility index (Phi) is 3.51. The minimum absolute atomic E-state index is 0.296. The summed E-state index contributed by atoms with van der Waals surface area (Å²) in [7, 11) is 0. The second kappa shape index (κ2) is 4.04. The van der Waals surface area contributed by atoms with Crippen LogP contribution in [0.15, 0.2) is 0 Å². The van der Waals surface area contributed by atoms with E-state index in [-0.39, 0.29) is 0 Å². The van der Waals surface area contributed by atoms with Gasteiger partial charge in [0.15, 0.2) is 0 Å². The van der Waals surface area contributed by atoms with E-state index >= 15 is 0 Å². The summed E-state index contributed by atoms with van der Waals surface area (Å²) in [6.07, 6.45) is 1.31. The second-order valence-corrected chi connectivity index (χ2v) is 8.39. The highest BCUT2D eigenvalue weighted by Gasteiger charge is 2.51. The van der Waals surface area contributed by atoms with E-state index in [0.29, 0.717) is 18.6 Å². The Morgan fingerprint density at radius 1 is 0.833 bits per heavy atom. The molecule has 0 saturated carbocycles. The summed E-state index contributed by atoms with van der Waals surface area (Å²) >= 11 is 0. The van der Waals surface area contributed by atoms with E-state index in [9.17, 15) is 10.0 Å². The smallest absolute Gasteiger partial charge is 0.144 e. The monoisotopic (exact) mass is 255 g/mol. The fourth-order valence-electron chi connectivity index (χ4n) is 4.21. The summed E-state index contributed by atoms with van der Waals surface area (Å²) in [4.78, 5) is 12.7. The number of ketones is 1. The van der Waals surface area contributed by atoms with Crippen LogP contribution in [0.5, 0.6) is 0 Å². The van der Waals surface area contributed by atoms with Crippen molar-refractivity contribution in [2.75, 3.05) is 0 Å². The van der Waals surface area contributed by atoms with Gasteiger partial charge >= 0.3 is 0 Å². The predicted molar refractivity (Wildman–Crippen MR) is 73.6 cm³/mol. The largest absolute Gasteiger partial charge is 0.313 e. The van der Waals surface area contributed by atoms with E-state index in [1.807, 2.05) is 55.4 Å². The molecule has 0 spiro atoms. The molecule has 1 heterocycles. The summed E-state index contributed by atoms with van der Waals surface area (Å²) < 4.78 is 0. The van der Waals surface area contributed by atoms with Crippen molar-refractivity contribution in [3.8, 4) is 0 Å². The van der Waals surface area contributed by atoms with Crippen LogP contribution in [-0.2, 0) is 4.79 Å². The number of hydrogen-bond donors (Lipinski definition) is 1. The van der Waals surface area contributed by atoms with Gasteiger partial charge in [-0.3, -0.25) is 4.79 Å². The van der Waals surface area contributed by atoms with Gasteiger partial charge in [-0.2, -0.15) is 5.06 Å². The summed E-state index contributed by atoms with van der Waals surface area (Å²) in [5.41, 5.74) is -1.63. The van der Waals surface area contributed by atoms with Gasteiger partial charge in [-0.25, -0.2) is 0 Å². The molecule has 3 heteroatoms. The quantitative estimate of drug-likeness (QED) is 0.718. The summed E-state index contributed by atoms with van der Waals surface area (Å²) in [6, 6.07) is 0. The highest BCUT2D eigenvalue weighted by atomic mass is 16.5. The van der Waals surface area contributed by atoms with Gasteiger partial charge in [0.05, 0.1) is 0 Å². The second-order valence-electron chi connectivity index (χ2n) is 8.39. The third kappa shape index (κ3) is 2.62. The maximum absolute atomic E-state index is 12.7. The van der Waals surface area contributed by atoms with E-state index in [0.717, 1.165) is 0 Å². The number of Topliss-reactive ketones (excluding diaryl/α,β-unsaturated/α-hetero) is 1. The Balaban J connectivity index is 3.30. The fraction of sp³-hybridized carbons (Fsp3) is 0.933. The molecule has 0 aromatic heterocycles. The van der Waals surface area contributed by atoms with Gasteiger partial charge in [0.1, 0.15) is 5.78 Å². The average Bonchev–Trinajstić information content (AvgIpc) is 2.10. The first kappa shape index (κ1) is 15.6. The van der Waals surface area contributed by atoms with Crippen LogP contribution in [0.25, 0.3) is 0 Å². The minimum Gasteiger partial charge on any atom is -0.313 e. The average molecular weight is 255 g/mol. The molecule has 0 amide bonds. The zero-order valence-corrected chi connectivity index (χ0v) is 13.2. The highest BCUT2D eigenvalue weighted by molar-refractivity contribution is 5.89. The van der Waals surface area contributed by atoms with Crippen LogP contribution >= 0.6 is 0 Å². The Morgan fingerprint density at radius 3 is 1.39 bits per heavy atom. The van der Waals surface area contributed by atoms with Crippen LogP contribution in [0.2, 0.25) is 0 Å². The molecule has 18 heavy (non-hydrogen) atoms. The molecule has 0 aromatic carbocycles. The molecule has 0 radical (unpaired) electrons. The lowest BCUT2D eigenvalue weighted by molar-refractivity contribution is -0.243. The van der Waals surface area contributed by atoms with Crippen molar-refractivity contribution in [2.45, 2.75) is 79.3 Å². The molecule has 0 atom stereocenters. The fourth-order valence-corrected chi connectivity index (χ4v) is 4.21. The summed E-state index contributed by atoms with van der Waals surface area (Å²) in [5.74, 6) is 0.296. The minimum atomic E-state index is -0.412. The number of nitrogens with zero attached hydrogens (tertiary/aromatic N) is 1. The Bertz CT molecular complexity index is 322. The number of rotatable bonds is 0. The number of carbonyl (C=O) groups excluding carboxylic acids is 1. The normalized spacial score (nSPS) is 30.6. The van der Waals surface area contributed by atoms with E-state index in [4.69, 9.17) is 0 Å². The molecular formula is C15H29NO2. The third-order valence-electron chi connectivity index (χ3n) is 4.13. The zero-order valence-electron chi connectivity index (χ0n) is 13.2. The summed E-state index contributed by atoms with van der Waals surface area (Å²) in [5, 5.41) is 12.0. The van der Waals surface area contributed by atoms with Crippen LogP contribution < -0.4 is 0 Å². The van der Waals surface area contributed by atoms with E-state index in [1.165, 1.54) is 5.06 Å². The lowest BCUT2D eigenvalue weighted by Crippen LogP contribution is -2.60. The molecule has 0 aliphatic carbocycles. The predicted octanol–water partition coefficient (Wildman–Crippen LogP) is 3.65. The Hall–Kier alpha value is -0.410. The van der Waals surface area contributed by atoms with Crippen molar-refractivity contribution >= 4 is 5.78 Å². The SMILES string of the molecule is CC1(C)CC(C)(C)N(O)C(C)(C)CC(C)(C)C1=O. The standard InChI is InChI=1S/C15H29NO2/c1-12(2)9-14(5,6)16(18)15(7,8)10-13(3,4)11(12)17/h18H,9-10H2,1-8H3. The van der Waals surface area contributed by atoms with Crippen molar-refractivity contribution in [3.05, 3.63) is 0 Å². The van der Waals surface area contributed by atoms with Crippen molar-refractivity contribution in [2.24, 2.45) is 10.8 Å². The van der Waals surface area contributed by atoms with Gasteiger partial charge < -0.3 is 5.21 Å². The van der Waals surface area contributed by atoms with E-state index < -0.39 is 21.9 Å². The van der Waals surface area contributed by atoms with Crippen molar-refractivity contribution in [3.63, 3.8) is 0 Å². The van der Waals surface area contributed by atoms with Gasteiger partial charge in [0.25, 0.3) is 0 Å². The van der Waals surface area contributed by atoms with Gasteiger partial charge in [-0.05, 0) is 40.5 Å². The number of carbonyl (C=O) groups is 1. The van der Waals surface area contributed by atoms with E-state index in [2.05, 4.69) is 0 Å². The van der Waals surface area contributed by atoms with Gasteiger partial charge in [0.2, 0.25) is 0 Å². The molecule has 106 valence electrons. The van der Waals surface area contributed by atoms with Crippen LogP contribution in [0.3, 0.4) is 0 Å². The molecule has 1 rings (SSSR count). The molecular weight excluding hydrogens is 226 g/mol. The van der Waals surface area contributed by atoms with Crippen LogP contribution in [0.4, 0.5) is 0 Å². The lowest BCUT2D eigenvalue weighted by atomic mass is 9.62. The third-order valence-corrected chi connectivity index (χ3v) is 4.13. The van der Waals surface area contributed by atoms with Gasteiger partial charge in [0, 0.05) is 21.9 Å². The first-order valence-corrected chi connectivity index (χ1v) is 6.77. The Labute approximate surface area is 112 Å². The first-order valence-electron chi connectivity index (χ1n) is 6.77. The lowest BCUT2D eigenvalue weighted by Gasteiger charge is -2.52. The van der Waals surface area contributed by atoms with Crippen LogP contribution in [-0.4, -0.2) is 27.1 Å². The van der Waals surface area contributed by atoms with Crippen molar-refractivity contribution < 1.29 is 10.0 Å². The van der Waals surface area contributed by atoms with Crippen LogP contribution in [0, 0.1) is 10.8 Å². The maximum atomic E-state index is 12.7. The van der Waals surface area contributed by atoms with Crippen molar-refractivity contribution in [1.29, 1.82) is 0 Å². The van der Waals surface area contributed by atoms with Gasteiger partial charge in [-0.1, -0.05) is 27.7 Å². The maximum Gasteiger partial charge on any atom is 0.144 e. The number of hydroxylamine groups is 2. The molecule has 3 nitrogen and oxygen atoms in total.